The minimum Gasteiger partial charge on any atom is -0.479 e. The molecular weight excluding hydrogens is 391 g/mol. The van der Waals surface area contributed by atoms with Crippen LogP contribution in [-0.2, 0) is 4.74 Å². The smallest absolute Gasteiger partial charge is 0.341 e. The number of fused-ring (bicyclic) bond motifs is 1. The minimum absolute atomic E-state index is 0.000713. The molecule has 160 valence electrons. The summed E-state index contributed by atoms with van der Waals surface area (Å²) in [7, 11) is 1.47. The molecule has 0 bridgehead atoms. The number of carbonyl (C=O) groups excluding carboxylic acids is 1. The molecule has 1 atom stereocenters. The van der Waals surface area contributed by atoms with Crippen LogP contribution in [0.15, 0.2) is 12.4 Å². The van der Waals surface area contributed by atoms with Gasteiger partial charge in [0.2, 0.25) is 5.88 Å². The molecule has 0 unspecified atom stereocenters. The van der Waals surface area contributed by atoms with Gasteiger partial charge in [-0.05, 0) is 32.6 Å². The van der Waals surface area contributed by atoms with E-state index >= 15 is 0 Å². The van der Waals surface area contributed by atoms with Gasteiger partial charge in [-0.3, -0.25) is 4.68 Å². The van der Waals surface area contributed by atoms with Crippen molar-refractivity contribution in [1.82, 2.24) is 29.5 Å². The average molecular weight is 416 g/mol. The van der Waals surface area contributed by atoms with E-state index in [-0.39, 0.29) is 35.6 Å². The van der Waals surface area contributed by atoms with Crippen LogP contribution < -0.4 is 4.74 Å². The maximum absolute atomic E-state index is 14.8. The third-order valence-corrected chi connectivity index (χ3v) is 5.67. The van der Waals surface area contributed by atoms with Crippen LogP contribution in [0.3, 0.4) is 0 Å². The second-order valence-electron chi connectivity index (χ2n) is 7.50. The Morgan fingerprint density at radius 2 is 2.07 bits per heavy atom. The molecule has 0 aromatic carbocycles. The first-order valence-electron chi connectivity index (χ1n) is 10.2. The van der Waals surface area contributed by atoms with Crippen molar-refractivity contribution in [2.45, 2.75) is 52.0 Å². The van der Waals surface area contributed by atoms with E-state index < -0.39 is 11.9 Å². The fraction of sp³-hybridized carbons (Fsp3) is 0.550. The lowest BCUT2D eigenvalue weighted by Gasteiger charge is -2.28. The summed E-state index contributed by atoms with van der Waals surface area (Å²) in [5.41, 5.74) is 0.740. The van der Waals surface area contributed by atoms with E-state index in [1.54, 1.807) is 11.6 Å². The highest BCUT2D eigenvalue weighted by atomic mass is 19.1. The van der Waals surface area contributed by atoms with Crippen LogP contribution in [0.2, 0.25) is 0 Å². The van der Waals surface area contributed by atoms with Gasteiger partial charge in [-0.1, -0.05) is 19.3 Å². The van der Waals surface area contributed by atoms with E-state index in [1.165, 1.54) is 43.4 Å². The van der Waals surface area contributed by atoms with Crippen molar-refractivity contribution in [1.29, 1.82) is 0 Å². The molecule has 1 aliphatic carbocycles. The molecule has 0 spiro atoms. The van der Waals surface area contributed by atoms with Gasteiger partial charge >= 0.3 is 5.97 Å². The topological polar surface area (TPSA) is 96.9 Å². The Morgan fingerprint density at radius 3 is 2.77 bits per heavy atom. The molecule has 0 radical (unpaired) electrons. The molecule has 0 saturated heterocycles. The number of ether oxygens (including phenoxy) is 2. The summed E-state index contributed by atoms with van der Waals surface area (Å²) in [5.74, 6) is -0.478. The Labute approximate surface area is 173 Å². The van der Waals surface area contributed by atoms with Crippen molar-refractivity contribution in [3.8, 4) is 11.8 Å². The number of aromatic nitrogens is 6. The predicted octanol–water partition coefficient (Wildman–Crippen LogP) is 3.48. The maximum Gasteiger partial charge on any atom is 0.341 e. The predicted molar refractivity (Wildman–Crippen MR) is 106 cm³/mol. The number of hydrogen-bond donors (Lipinski definition) is 0. The SMILES string of the molecule is CCOC(=O)c1cnn(-c2nc(OC)c3c(n2)c(F)nn3[C@@H](C)C2CCCCC2)c1. The van der Waals surface area contributed by atoms with E-state index in [9.17, 15) is 9.18 Å². The summed E-state index contributed by atoms with van der Waals surface area (Å²) in [4.78, 5) is 20.6. The molecule has 9 nitrogen and oxygen atoms in total. The Bertz CT molecular complexity index is 1060. The highest BCUT2D eigenvalue weighted by molar-refractivity contribution is 5.88. The number of esters is 1. The van der Waals surface area contributed by atoms with E-state index in [2.05, 4.69) is 20.2 Å². The summed E-state index contributed by atoms with van der Waals surface area (Å²) < 4.78 is 28.2. The minimum atomic E-state index is -0.688. The van der Waals surface area contributed by atoms with Crippen molar-refractivity contribution < 1.29 is 18.7 Å². The zero-order valence-electron chi connectivity index (χ0n) is 17.3. The quantitative estimate of drug-likeness (QED) is 0.568. The Balaban J connectivity index is 1.75. The molecule has 3 aromatic heterocycles. The first-order chi connectivity index (χ1) is 14.5. The van der Waals surface area contributed by atoms with Crippen molar-refractivity contribution in [3.05, 3.63) is 23.9 Å². The Kier molecular flexibility index (Phi) is 5.65. The lowest BCUT2D eigenvalue weighted by molar-refractivity contribution is 0.0526. The van der Waals surface area contributed by atoms with Gasteiger partial charge in [-0.25, -0.2) is 14.5 Å². The first kappa shape index (κ1) is 20.2. The molecule has 0 amide bonds. The van der Waals surface area contributed by atoms with Crippen LogP contribution in [0.25, 0.3) is 17.0 Å². The third-order valence-electron chi connectivity index (χ3n) is 5.67. The fourth-order valence-corrected chi connectivity index (χ4v) is 4.07. The summed E-state index contributed by atoms with van der Waals surface area (Å²) in [6.07, 6.45) is 8.57. The van der Waals surface area contributed by atoms with Crippen LogP contribution >= 0.6 is 0 Å². The summed E-state index contributed by atoms with van der Waals surface area (Å²) in [5, 5.41) is 8.23. The molecule has 3 heterocycles. The molecule has 1 saturated carbocycles. The number of halogens is 1. The van der Waals surface area contributed by atoms with E-state index in [0.717, 1.165) is 12.8 Å². The summed E-state index contributed by atoms with van der Waals surface area (Å²) in [6.45, 7) is 4.02. The molecule has 10 heteroatoms. The first-order valence-corrected chi connectivity index (χ1v) is 10.2. The van der Waals surface area contributed by atoms with Gasteiger partial charge in [0.25, 0.3) is 11.9 Å². The molecule has 3 aromatic rings. The second-order valence-corrected chi connectivity index (χ2v) is 7.50. The number of carbonyl (C=O) groups is 1. The Morgan fingerprint density at radius 1 is 1.30 bits per heavy atom. The molecule has 1 fully saturated rings. The fourth-order valence-electron chi connectivity index (χ4n) is 4.07. The molecule has 0 aliphatic heterocycles. The number of nitrogens with zero attached hydrogens (tertiary/aromatic N) is 6. The monoisotopic (exact) mass is 416 g/mol. The van der Waals surface area contributed by atoms with Crippen LogP contribution in [-0.4, -0.2) is 49.2 Å². The van der Waals surface area contributed by atoms with Crippen LogP contribution in [0, 0.1) is 11.9 Å². The molecule has 0 N–H and O–H groups in total. The van der Waals surface area contributed by atoms with Gasteiger partial charge in [0.05, 0.1) is 31.5 Å². The highest BCUT2D eigenvalue weighted by Crippen LogP contribution is 2.36. The van der Waals surface area contributed by atoms with Crippen molar-refractivity contribution in [2.24, 2.45) is 5.92 Å². The van der Waals surface area contributed by atoms with Crippen molar-refractivity contribution >= 4 is 17.0 Å². The Hall–Kier alpha value is -3.04. The van der Waals surface area contributed by atoms with Crippen molar-refractivity contribution in [3.63, 3.8) is 0 Å². The van der Waals surface area contributed by atoms with Gasteiger partial charge in [0, 0.05) is 6.20 Å². The molecule has 1 aliphatic rings. The lowest BCUT2D eigenvalue weighted by Crippen LogP contribution is -2.20. The van der Waals surface area contributed by atoms with Gasteiger partial charge in [0.15, 0.2) is 11.0 Å². The van der Waals surface area contributed by atoms with Crippen LogP contribution in [0.4, 0.5) is 4.39 Å². The molecular formula is C20H25FN6O3. The van der Waals surface area contributed by atoms with Crippen LogP contribution in [0.1, 0.15) is 62.4 Å². The number of methoxy groups -OCH3 is 1. The third kappa shape index (κ3) is 3.61. The van der Waals surface area contributed by atoms with Gasteiger partial charge in [-0.15, -0.1) is 5.10 Å². The standard InChI is InChI=1S/C20H25FN6O3/c1-4-30-19(28)14-10-22-26(11-14)20-23-15-16(18(24-20)29-3)27(25-17(15)21)12(2)13-8-6-5-7-9-13/h10-13H,4-9H2,1-3H3/t12-/m0/s1. The number of rotatable bonds is 6. The van der Waals surface area contributed by atoms with E-state index in [1.807, 2.05) is 6.92 Å². The summed E-state index contributed by atoms with van der Waals surface area (Å²) in [6, 6.07) is 0.000713. The highest BCUT2D eigenvalue weighted by Gasteiger charge is 2.28. The zero-order valence-corrected chi connectivity index (χ0v) is 17.3. The second kappa shape index (κ2) is 8.37. The largest absolute Gasteiger partial charge is 0.479 e. The van der Waals surface area contributed by atoms with Gasteiger partial charge in [-0.2, -0.15) is 14.5 Å². The lowest BCUT2D eigenvalue weighted by atomic mass is 9.84. The normalized spacial score (nSPS) is 16.0. The van der Waals surface area contributed by atoms with Gasteiger partial charge < -0.3 is 9.47 Å². The zero-order chi connectivity index (χ0) is 21.3. The molecule has 4 rings (SSSR count). The van der Waals surface area contributed by atoms with Crippen molar-refractivity contribution in [2.75, 3.05) is 13.7 Å². The average Bonchev–Trinajstić information content (AvgIpc) is 3.39. The van der Waals surface area contributed by atoms with Gasteiger partial charge in [0.1, 0.15) is 0 Å². The van der Waals surface area contributed by atoms with E-state index in [0.29, 0.717) is 11.4 Å². The van der Waals surface area contributed by atoms with Crippen LogP contribution in [0.5, 0.6) is 5.88 Å². The molecule has 30 heavy (non-hydrogen) atoms. The maximum atomic E-state index is 14.8. The number of hydrogen-bond acceptors (Lipinski definition) is 7. The summed E-state index contributed by atoms with van der Waals surface area (Å²) >= 11 is 0. The van der Waals surface area contributed by atoms with E-state index in [4.69, 9.17) is 9.47 Å².